The van der Waals surface area contributed by atoms with Crippen LogP contribution in [0.15, 0.2) is 0 Å². The van der Waals surface area contributed by atoms with Gasteiger partial charge in [-0.3, -0.25) is 0 Å². The first-order chi connectivity index (χ1) is 5.33. The summed E-state index contributed by atoms with van der Waals surface area (Å²) in [5.41, 5.74) is -0.244. The van der Waals surface area contributed by atoms with Crippen molar-refractivity contribution in [3.8, 4) is 0 Å². The smallest absolute Gasteiger partial charge is 0.368 e. The molecule has 0 unspecified atom stereocenters. The summed E-state index contributed by atoms with van der Waals surface area (Å²) in [5, 5.41) is 1.30. The van der Waals surface area contributed by atoms with Gasteiger partial charge in [0.25, 0.3) is 0 Å². The van der Waals surface area contributed by atoms with Gasteiger partial charge >= 0.3 is 9.05 Å². The van der Waals surface area contributed by atoms with E-state index in [4.69, 9.17) is 14.4 Å². The van der Waals surface area contributed by atoms with E-state index in [1.54, 1.807) is 0 Å². The monoisotopic (exact) mass is 322 g/mol. The minimum absolute atomic E-state index is 0.0965. The zero-order valence-electron chi connectivity index (χ0n) is 6.63. The van der Waals surface area contributed by atoms with Gasteiger partial charge in [-0.1, -0.05) is 38.8 Å². The normalized spacial score (nSPS) is 13.5. The van der Waals surface area contributed by atoms with Crippen LogP contribution in [-0.4, -0.2) is 40.7 Å². The lowest BCUT2D eigenvalue weighted by Crippen LogP contribution is -2.43. The van der Waals surface area contributed by atoms with Gasteiger partial charge in [0.1, 0.15) is 0 Å². The van der Waals surface area contributed by atoms with Gasteiger partial charge in [-0.15, -0.1) is 0 Å². The molecule has 0 rings (SSSR count). The van der Waals surface area contributed by atoms with Crippen LogP contribution in [0.5, 0.6) is 0 Å². The van der Waals surface area contributed by atoms with Gasteiger partial charge in [-0.2, -0.15) is 0 Å². The van der Waals surface area contributed by atoms with E-state index in [0.717, 1.165) is 0 Å². The van der Waals surface area contributed by atoms with Crippen molar-refractivity contribution in [1.82, 2.24) is 0 Å². The molecular formula is C5H12Br2O4Si. The molecule has 0 saturated heterocycles. The van der Waals surface area contributed by atoms with Gasteiger partial charge in [0.2, 0.25) is 0 Å². The maximum Gasteiger partial charge on any atom is 0.671 e. The molecule has 0 radical (unpaired) electrons. The fraction of sp³-hybridized carbons (Fsp3) is 1.00. The fourth-order valence-electron chi connectivity index (χ4n) is 0.384. The zero-order chi connectivity index (χ0) is 9.83. The second-order valence-corrected chi connectivity index (χ2v) is 5.50. The highest BCUT2D eigenvalue weighted by Gasteiger charge is 2.34. The molecule has 74 valence electrons. The Hall–Kier alpha value is 1.02. The molecular weight excluding hydrogens is 312 g/mol. The molecule has 0 aromatic carbocycles. The first kappa shape index (κ1) is 13.0. The molecule has 4 nitrogen and oxygen atoms in total. The number of rotatable bonds is 5. The van der Waals surface area contributed by atoms with Crippen LogP contribution in [0.1, 0.15) is 6.92 Å². The Morgan fingerprint density at radius 2 is 1.67 bits per heavy atom. The van der Waals surface area contributed by atoms with E-state index in [-0.39, 0.29) is 12.0 Å². The fourth-order valence-corrected chi connectivity index (χ4v) is 2.18. The van der Waals surface area contributed by atoms with Crippen LogP contribution in [0.25, 0.3) is 0 Å². The first-order valence-electron chi connectivity index (χ1n) is 3.26. The molecule has 0 aliphatic carbocycles. The van der Waals surface area contributed by atoms with E-state index in [1.807, 2.05) is 6.92 Å². The molecule has 0 atom stereocenters. The van der Waals surface area contributed by atoms with Gasteiger partial charge in [0.05, 0.1) is 0 Å². The Morgan fingerprint density at radius 3 is 1.92 bits per heavy atom. The molecule has 0 spiro atoms. The maximum absolute atomic E-state index is 8.57. The van der Waals surface area contributed by atoms with Crippen LogP contribution in [-0.2, 0) is 4.43 Å². The van der Waals surface area contributed by atoms with Crippen molar-refractivity contribution >= 4 is 40.9 Å². The average Bonchev–Trinajstić information content (AvgIpc) is 1.99. The molecule has 12 heavy (non-hydrogen) atoms. The molecule has 0 aliphatic heterocycles. The minimum atomic E-state index is -4.34. The van der Waals surface area contributed by atoms with Crippen molar-refractivity contribution in [2.75, 3.05) is 17.3 Å². The highest BCUT2D eigenvalue weighted by atomic mass is 79.9. The van der Waals surface area contributed by atoms with E-state index in [1.165, 1.54) is 0 Å². The van der Waals surface area contributed by atoms with Gasteiger partial charge in [0, 0.05) is 22.7 Å². The molecule has 0 heterocycles. The Bertz CT molecular complexity index is 134. The molecule has 0 aromatic rings. The number of halogens is 2. The number of hydrogen-bond donors (Lipinski definition) is 3. The summed E-state index contributed by atoms with van der Waals surface area (Å²) in [4.78, 5) is 25.7. The van der Waals surface area contributed by atoms with Crippen molar-refractivity contribution in [2.24, 2.45) is 5.41 Å². The largest absolute Gasteiger partial charge is 0.671 e. The predicted molar refractivity (Wildman–Crippen MR) is 54.1 cm³/mol. The van der Waals surface area contributed by atoms with Crippen molar-refractivity contribution in [3.05, 3.63) is 0 Å². The van der Waals surface area contributed by atoms with Crippen LogP contribution in [0, 0.1) is 5.41 Å². The Labute approximate surface area is 89.3 Å². The summed E-state index contributed by atoms with van der Waals surface area (Å²) in [7, 11) is -4.34. The van der Waals surface area contributed by atoms with Gasteiger partial charge in [0.15, 0.2) is 0 Å². The topological polar surface area (TPSA) is 69.9 Å². The van der Waals surface area contributed by atoms with Gasteiger partial charge in [-0.25, -0.2) is 0 Å². The first-order valence-corrected chi connectivity index (χ1v) is 7.25. The maximum atomic E-state index is 8.57. The van der Waals surface area contributed by atoms with Crippen LogP contribution < -0.4 is 0 Å². The highest BCUT2D eigenvalue weighted by molar-refractivity contribution is 9.09. The van der Waals surface area contributed by atoms with Crippen LogP contribution in [0.4, 0.5) is 0 Å². The third-order valence-electron chi connectivity index (χ3n) is 1.26. The Balaban J connectivity index is 3.89. The molecule has 7 heteroatoms. The molecule has 0 saturated carbocycles. The SMILES string of the molecule is CC(CBr)(CBr)CO[Si](O)(O)O. The molecule has 0 fully saturated rings. The number of hydrogen-bond acceptors (Lipinski definition) is 4. The number of alkyl halides is 2. The van der Waals surface area contributed by atoms with Crippen molar-refractivity contribution in [3.63, 3.8) is 0 Å². The van der Waals surface area contributed by atoms with Gasteiger partial charge < -0.3 is 18.8 Å². The summed E-state index contributed by atoms with van der Waals surface area (Å²) in [6.45, 7) is 1.98. The molecule has 0 bridgehead atoms. The van der Waals surface area contributed by atoms with Gasteiger partial charge in [-0.05, 0) is 0 Å². The van der Waals surface area contributed by atoms with Crippen LogP contribution >= 0.6 is 31.9 Å². The lowest BCUT2D eigenvalue weighted by molar-refractivity contribution is 0.0375. The van der Waals surface area contributed by atoms with Crippen molar-refractivity contribution in [1.29, 1.82) is 0 Å². The van der Waals surface area contributed by atoms with Crippen molar-refractivity contribution < 1.29 is 18.8 Å². The van der Waals surface area contributed by atoms with E-state index in [2.05, 4.69) is 36.3 Å². The molecule has 3 N–H and O–H groups in total. The summed E-state index contributed by atoms with van der Waals surface area (Å²) in [6, 6.07) is 0. The van der Waals surface area contributed by atoms with Crippen LogP contribution in [0.2, 0.25) is 0 Å². The standard InChI is InChI=1S/C5H12Br2O4Si/c1-5(2-6,3-7)4-11-12(8,9)10/h8-10H,2-4H2,1H3. The van der Waals surface area contributed by atoms with Crippen molar-refractivity contribution in [2.45, 2.75) is 6.92 Å². The summed E-state index contributed by atoms with van der Waals surface area (Å²) in [6.07, 6.45) is 0. The third kappa shape index (κ3) is 5.63. The summed E-state index contributed by atoms with van der Waals surface area (Å²) >= 11 is 6.52. The Morgan fingerprint density at radius 1 is 1.25 bits per heavy atom. The second kappa shape index (κ2) is 5.04. The quantitative estimate of drug-likeness (QED) is 0.500. The van der Waals surface area contributed by atoms with E-state index in [9.17, 15) is 0 Å². The van der Waals surface area contributed by atoms with Crippen LogP contribution in [0.3, 0.4) is 0 Å². The molecule has 0 amide bonds. The van der Waals surface area contributed by atoms with E-state index < -0.39 is 9.05 Å². The lowest BCUT2D eigenvalue weighted by Gasteiger charge is -2.25. The summed E-state index contributed by atoms with van der Waals surface area (Å²) < 4.78 is 4.52. The molecule has 0 aliphatic rings. The predicted octanol–water partition coefficient (Wildman–Crippen LogP) is 0.212. The molecule has 0 aromatic heterocycles. The van der Waals surface area contributed by atoms with E-state index >= 15 is 0 Å². The summed E-state index contributed by atoms with van der Waals surface area (Å²) in [5.74, 6) is 0. The highest BCUT2D eigenvalue weighted by Crippen LogP contribution is 2.23. The third-order valence-corrected chi connectivity index (χ3v) is 4.50. The zero-order valence-corrected chi connectivity index (χ0v) is 10.8. The lowest BCUT2D eigenvalue weighted by atomic mass is 9.99. The Kier molecular flexibility index (Phi) is 5.46. The van der Waals surface area contributed by atoms with E-state index in [0.29, 0.717) is 10.7 Å². The second-order valence-electron chi connectivity index (χ2n) is 2.94. The average molecular weight is 324 g/mol. The minimum Gasteiger partial charge on any atom is -0.368 e.